The Balaban J connectivity index is 1.90. The van der Waals surface area contributed by atoms with Crippen LogP contribution in [0.15, 0.2) is 6.20 Å². The van der Waals surface area contributed by atoms with Crippen molar-refractivity contribution >= 4 is 5.97 Å². The number of carboxylic acids is 1. The molecule has 0 amide bonds. The molecular weight excluding hydrogens is 238 g/mol. The molecule has 1 aliphatic rings. The molecule has 2 N–H and O–H groups in total. The quantitative estimate of drug-likeness (QED) is 0.763. The standard InChI is InChI=1S/C9H11N7O2/c17-8(18)9(2-1-3-9)5-16-7(12-14-15-16)6-4-10-13-11-6/h4H,1-3,5H2,(H,17,18)(H,10,11,13). The Kier molecular flexibility index (Phi) is 2.32. The van der Waals surface area contributed by atoms with Crippen LogP contribution in [0.4, 0.5) is 0 Å². The maximum atomic E-state index is 11.3. The lowest BCUT2D eigenvalue weighted by atomic mass is 9.69. The van der Waals surface area contributed by atoms with E-state index in [2.05, 4.69) is 30.9 Å². The van der Waals surface area contributed by atoms with Crippen molar-refractivity contribution in [3.05, 3.63) is 6.20 Å². The lowest BCUT2D eigenvalue weighted by Crippen LogP contribution is -2.42. The fraction of sp³-hybridized carbons (Fsp3) is 0.556. The third-order valence-corrected chi connectivity index (χ3v) is 3.39. The van der Waals surface area contributed by atoms with Gasteiger partial charge in [0.2, 0.25) is 5.82 Å². The van der Waals surface area contributed by atoms with Crippen molar-refractivity contribution in [1.82, 2.24) is 35.6 Å². The van der Waals surface area contributed by atoms with Crippen LogP contribution in [0.5, 0.6) is 0 Å². The number of carboxylic acid groups (broad SMARTS) is 1. The Morgan fingerprint density at radius 1 is 1.56 bits per heavy atom. The monoisotopic (exact) mass is 249 g/mol. The predicted molar refractivity (Wildman–Crippen MR) is 57.1 cm³/mol. The van der Waals surface area contributed by atoms with Gasteiger partial charge in [0.05, 0.1) is 18.2 Å². The molecule has 94 valence electrons. The van der Waals surface area contributed by atoms with E-state index in [0.717, 1.165) is 6.42 Å². The summed E-state index contributed by atoms with van der Waals surface area (Å²) in [6, 6.07) is 0. The zero-order valence-corrected chi connectivity index (χ0v) is 9.44. The van der Waals surface area contributed by atoms with Gasteiger partial charge in [-0.15, -0.1) is 5.10 Å². The van der Waals surface area contributed by atoms with Crippen LogP contribution < -0.4 is 0 Å². The van der Waals surface area contributed by atoms with E-state index in [9.17, 15) is 9.90 Å². The van der Waals surface area contributed by atoms with Crippen LogP contribution in [0.3, 0.4) is 0 Å². The van der Waals surface area contributed by atoms with E-state index in [1.54, 1.807) is 0 Å². The van der Waals surface area contributed by atoms with Gasteiger partial charge in [0, 0.05) is 0 Å². The number of tetrazole rings is 1. The highest BCUT2D eigenvalue weighted by Gasteiger charge is 2.45. The molecule has 0 unspecified atom stereocenters. The summed E-state index contributed by atoms with van der Waals surface area (Å²) in [5, 5.41) is 30.6. The predicted octanol–water partition coefficient (Wildman–Crippen LogP) is -0.287. The van der Waals surface area contributed by atoms with Crippen LogP contribution in [-0.2, 0) is 11.3 Å². The van der Waals surface area contributed by atoms with E-state index in [-0.39, 0.29) is 6.54 Å². The lowest BCUT2D eigenvalue weighted by molar-refractivity contribution is -0.156. The molecule has 9 heteroatoms. The summed E-state index contributed by atoms with van der Waals surface area (Å²) in [7, 11) is 0. The summed E-state index contributed by atoms with van der Waals surface area (Å²) in [4.78, 5) is 11.3. The molecule has 2 aromatic rings. The largest absolute Gasteiger partial charge is 0.481 e. The third-order valence-electron chi connectivity index (χ3n) is 3.39. The third kappa shape index (κ3) is 1.55. The summed E-state index contributed by atoms with van der Waals surface area (Å²) < 4.78 is 1.48. The first-order chi connectivity index (χ1) is 8.71. The number of aliphatic carboxylic acids is 1. The Hall–Kier alpha value is -2.32. The van der Waals surface area contributed by atoms with Gasteiger partial charge in [-0.05, 0) is 23.3 Å². The van der Waals surface area contributed by atoms with Crippen LogP contribution >= 0.6 is 0 Å². The molecule has 2 aromatic heterocycles. The van der Waals surface area contributed by atoms with Crippen molar-refractivity contribution in [1.29, 1.82) is 0 Å². The molecule has 9 nitrogen and oxygen atoms in total. The average Bonchev–Trinajstić information content (AvgIpc) is 2.93. The van der Waals surface area contributed by atoms with Gasteiger partial charge in [0.25, 0.3) is 0 Å². The molecule has 1 saturated carbocycles. The highest BCUT2D eigenvalue weighted by atomic mass is 16.4. The van der Waals surface area contributed by atoms with Crippen LogP contribution in [0.25, 0.3) is 11.5 Å². The fourth-order valence-electron chi connectivity index (χ4n) is 2.13. The molecule has 0 bridgehead atoms. The average molecular weight is 249 g/mol. The first-order valence-corrected chi connectivity index (χ1v) is 5.57. The van der Waals surface area contributed by atoms with E-state index >= 15 is 0 Å². The number of nitrogens with one attached hydrogen (secondary N) is 1. The highest BCUT2D eigenvalue weighted by Crippen LogP contribution is 2.42. The zero-order chi connectivity index (χ0) is 12.6. The Morgan fingerprint density at radius 3 is 2.94 bits per heavy atom. The number of rotatable bonds is 4. The molecule has 1 aliphatic carbocycles. The summed E-state index contributed by atoms with van der Waals surface area (Å²) in [6.07, 6.45) is 3.73. The van der Waals surface area contributed by atoms with Crippen molar-refractivity contribution in [2.45, 2.75) is 25.8 Å². The van der Waals surface area contributed by atoms with Gasteiger partial charge >= 0.3 is 5.97 Å². The minimum Gasteiger partial charge on any atom is -0.481 e. The van der Waals surface area contributed by atoms with E-state index in [4.69, 9.17) is 0 Å². The number of aromatic amines is 1. The number of aromatic nitrogens is 7. The molecule has 0 atom stereocenters. The normalized spacial score (nSPS) is 17.3. The van der Waals surface area contributed by atoms with E-state index in [1.165, 1.54) is 10.9 Å². The first kappa shape index (κ1) is 10.8. The second kappa shape index (κ2) is 3.86. The summed E-state index contributed by atoms with van der Waals surface area (Å²) in [6.45, 7) is 0.261. The van der Waals surface area contributed by atoms with Crippen LogP contribution in [0, 0.1) is 5.41 Å². The second-order valence-electron chi connectivity index (χ2n) is 4.45. The summed E-state index contributed by atoms with van der Waals surface area (Å²) >= 11 is 0. The minimum atomic E-state index is -0.796. The molecule has 0 aromatic carbocycles. The summed E-state index contributed by atoms with van der Waals surface area (Å²) in [5.41, 5.74) is -0.242. The number of hydrogen-bond acceptors (Lipinski definition) is 6. The van der Waals surface area contributed by atoms with Gasteiger partial charge in [-0.1, -0.05) is 6.42 Å². The van der Waals surface area contributed by atoms with Crippen molar-refractivity contribution in [3.63, 3.8) is 0 Å². The van der Waals surface area contributed by atoms with Gasteiger partial charge in [0.15, 0.2) is 5.69 Å². The molecule has 18 heavy (non-hydrogen) atoms. The van der Waals surface area contributed by atoms with Crippen LogP contribution in [0.1, 0.15) is 19.3 Å². The number of hydrogen-bond donors (Lipinski definition) is 2. The molecule has 0 spiro atoms. The lowest BCUT2D eigenvalue weighted by Gasteiger charge is -2.37. The highest BCUT2D eigenvalue weighted by molar-refractivity contribution is 5.75. The summed E-state index contributed by atoms with van der Waals surface area (Å²) in [5.74, 6) is -0.369. The minimum absolute atomic E-state index is 0.261. The van der Waals surface area contributed by atoms with Gasteiger partial charge < -0.3 is 5.11 Å². The number of carbonyl (C=O) groups is 1. The van der Waals surface area contributed by atoms with Crippen molar-refractivity contribution in [2.24, 2.45) is 5.41 Å². The molecular formula is C9H11N7O2. The Morgan fingerprint density at radius 2 is 2.39 bits per heavy atom. The Bertz CT molecular complexity index is 557. The number of nitrogens with zero attached hydrogens (tertiary/aromatic N) is 6. The SMILES string of the molecule is O=C(O)C1(Cn2nnnc2-c2cn[nH]n2)CCC1. The van der Waals surface area contributed by atoms with Crippen LogP contribution in [0.2, 0.25) is 0 Å². The molecule has 2 heterocycles. The second-order valence-corrected chi connectivity index (χ2v) is 4.45. The van der Waals surface area contributed by atoms with Crippen molar-refractivity contribution in [2.75, 3.05) is 0 Å². The number of H-pyrrole nitrogens is 1. The van der Waals surface area contributed by atoms with Gasteiger partial charge in [-0.25, -0.2) is 4.68 Å². The van der Waals surface area contributed by atoms with E-state index in [0.29, 0.717) is 24.4 Å². The molecule has 0 aliphatic heterocycles. The molecule has 0 radical (unpaired) electrons. The van der Waals surface area contributed by atoms with Gasteiger partial charge in [0.1, 0.15) is 0 Å². The topological polar surface area (TPSA) is 122 Å². The van der Waals surface area contributed by atoms with E-state index in [1.807, 2.05) is 0 Å². The van der Waals surface area contributed by atoms with Gasteiger partial charge in [-0.3, -0.25) is 4.79 Å². The maximum Gasteiger partial charge on any atom is 0.311 e. The zero-order valence-electron chi connectivity index (χ0n) is 9.44. The smallest absolute Gasteiger partial charge is 0.311 e. The first-order valence-electron chi connectivity index (χ1n) is 5.57. The molecule has 1 fully saturated rings. The maximum absolute atomic E-state index is 11.3. The van der Waals surface area contributed by atoms with Crippen molar-refractivity contribution < 1.29 is 9.90 Å². The molecule has 3 rings (SSSR count). The van der Waals surface area contributed by atoms with Crippen molar-refractivity contribution in [3.8, 4) is 11.5 Å². The fourth-order valence-corrected chi connectivity index (χ4v) is 2.13. The van der Waals surface area contributed by atoms with Crippen LogP contribution in [-0.4, -0.2) is 46.7 Å². The molecule has 0 saturated heterocycles. The van der Waals surface area contributed by atoms with Gasteiger partial charge in [-0.2, -0.15) is 15.4 Å². The Labute approximate surface area is 101 Å². The van der Waals surface area contributed by atoms with E-state index < -0.39 is 11.4 Å².